The predicted molar refractivity (Wildman–Crippen MR) is 181 cm³/mol. The standard InChI is InChI=1S/C35H55N5O9/c1-7-8-10-15-24-18-28(43)36-25(16-20(2)3)31(44)38-27(19-41)33(46)40-30(22(6)42)34(47)37-26(17-23-13-11-9-12-14-23)32(45)39-29(21(4)5)35(48)49-24/h9,11-14,20-22,24-27,29-30,41-42H,7-8,10,15-19H2,1-6H3,(H,36,43)(H,37,47)(H,38,44)(H,39,45)(H,40,46). The van der Waals surface area contributed by atoms with Gasteiger partial charge in [0, 0.05) is 6.42 Å². The number of aliphatic hydroxyl groups excluding tert-OH is 2. The predicted octanol–water partition coefficient (Wildman–Crippen LogP) is 0.624. The third kappa shape index (κ3) is 13.8. The summed E-state index contributed by atoms with van der Waals surface area (Å²) in [5.41, 5.74) is 0.684. The molecule has 274 valence electrons. The molecule has 0 spiro atoms. The molecule has 7 N–H and O–H groups in total. The summed E-state index contributed by atoms with van der Waals surface area (Å²) in [5.74, 6) is -5.15. The number of nitrogens with one attached hydrogen (secondary N) is 5. The maximum Gasteiger partial charge on any atom is 0.329 e. The summed E-state index contributed by atoms with van der Waals surface area (Å²) in [4.78, 5) is 80.8. The van der Waals surface area contributed by atoms with E-state index in [4.69, 9.17) is 4.74 Å². The summed E-state index contributed by atoms with van der Waals surface area (Å²) in [6.45, 7) is 9.55. The smallest absolute Gasteiger partial charge is 0.329 e. The molecule has 1 aromatic rings. The number of cyclic esters (lactones) is 1. The Morgan fingerprint density at radius 3 is 1.92 bits per heavy atom. The maximum atomic E-state index is 13.8. The van der Waals surface area contributed by atoms with Crippen LogP contribution in [-0.4, -0.2) is 94.7 Å². The zero-order chi connectivity index (χ0) is 36.7. The lowest BCUT2D eigenvalue weighted by molar-refractivity contribution is -0.156. The van der Waals surface area contributed by atoms with E-state index in [9.17, 15) is 39.0 Å². The molecule has 14 heteroatoms. The number of carbonyl (C=O) groups excluding carboxylic acids is 6. The number of rotatable bonds is 11. The molecular formula is C35H55N5O9. The van der Waals surface area contributed by atoms with Gasteiger partial charge in [-0.15, -0.1) is 0 Å². The van der Waals surface area contributed by atoms with Gasteiger partial charge in [0.2, 0.25) is 29.5 Å². The Labute approximate surface area is 288 Å². The summed E-state index contributed by atoms with van der Waals surface area (Å²) in [6, 6.07) is 2.20. The van der Waals surface area contributed by atoms with Crippen molar-refractivity contribution in [2.45, 2.75) is 129 Å². The normalized spacial score (nSPS) is 25.9. The van der Waals surface area contributed by atoms with E-state index in [2.05, 4.69) is 26.6 Å². The highest BCUT2D eigenvalue weighted by molar-refractivity contribution is 5.96. The Morgan fingerprint density at radius 1 is 0.755 bits per heavy atom. The van der Waals surface area contributed by atoms with Gasteiger partial charge in [-0.3, -0.25) is 24.0 Å². The lowest BCUT2D eigenvalue weighted by Gasteiger charge is -2.28. The molecule has 5 amide bonds. The third-order valence-corrected chi connectivity index (χ3v) is 8.20. The quantitative estimate of drug-likeness (QED) is 0.128. The maximum absolute atomic E-state index is 13.8. The topological polar surface area (TPSA) is 212 Å². The Balaban J connectivity index is 2.58. The van der Waals surface area contributed by atoms with Gasteiger partial charge in [0.1, 0.15) is 36.3 Å². The van der Waals surface area contributed by atoms with Gasteiger partial charge in [0.05, 0.1) is 19.1 Å². The first-order valence-electron chi connectivity index (χ1n) is 17.2. The molecular weight excluding hydrogens is 634 g/mol. The van der Waals surface area contributed by atoms with Crippen molar-refractivity contribution in [1.82, 2.24) is 26.6 Å². The highest BCUT2D eigenvalue weighted by atomic mass is 16.5. The Bertz CT molecular complexity index is 1260. The highest BCUT2D eigenvalue weighted by Crippen LogP contribution is 2.16. The highest BCUT2D eigenvalue weighted by Gasteiger charge is 2.36. The van der Waals surface area contributed by atoms with Crippen LogP contribution in [0.1, 0.15) is 85.6 Å². The molecule has 1 saturated heterocycles. The van der Waals surface area contributed by atoms with Crippen LogP contribution in [-0.2, 0) is 39.9 Å². The second-order valence-corrected chi connectivity index (χ2v) is 13.5. The molecule has 1 fully saturated rings. The molecule has 1 aliphatic heterocycles. The molecule has 1 aromatic carbocycles. The first kappa shape index (κ1) is 41.1. The molecule has 1 aliphatic rings. The van der Waals surface area contributed by atoms with Crippen molar-refractivity contribution in [2.75, 3.05) is 6.61 Å². The lowest BCUT2D eigenvalue weighted by Crippen LogP contribution is -2.62. The van der Waals surface area contributed by atoms with E-state index in [1.165, 1.54) is 6.92 Å². The fraction of sp³-hybridized carbons (Fsp3) is 0.657. The first-order valence-corrected chi connectivity index (χ1v) is 17.2. The van der Waals surface area contributed by atoms with E-state index in [1.54, 1.807) is 44.2 Å². The Kier molecular flexibility index (Phi) is 17.2. The molecule has 14 nitrogen and oxygen atoms in total. The number of carbonyl (C=O) groups is 6. The number of hydrogen-bond acceptors (Lipinski definition) is 9. The number of unbranched alkanes of at least 4 members (excludes halogenated alkanes) is 2. The Hall–Kier alpha value is -4.04. The second kappa shape index (κ2) is 20.5. The monoisotopic (exact) mass is 689 g/mol. The fourth-order valence-corrected chi connectivity index (χ4v) is 5.42. The van der Waals surface area contributed by atoms with Crippen molar-refractivity contribution in [2.24, 2.45) is 11.8 Å². The summed E-state index contributed by atoms with van der Waals surface area (Å²) >= 11 is 0. The van der Waals surface area contributed by atoms with Crippen LogP contribution in [0, 0.1) is 11.8 Å². The minimum Gasteiger partial charge on any atom is -0.460 e. The van der Waals surface area contributed by atoms with Gasteiger partial charge >= 0.3 is 5.97 Å². The van der Waals surface area contributed by atoms with Gasteiger partial charge in [-0.05, 0) is 43.6 Å². The zero-order valence-corrected chi connectivity index (χ0v) is 29.5. The summed E-state index contributed by atoms with van der Waals surface area (Å²) in [7, 11) is 0. The average Bonchev–Trinajstić information content (AvgIpc) is 3.03. The van der Waals surface area contributed by atoms with E-state index in [0.29, 0.717) is 18.4 Å². The molecule has 7 atom stereocenters. The molecule has 49 heavy (non-hydrogen) atoms. The molecule has 0 radical (unpaired) electrons. The number of aliphatic hydroxyl groups is 2. The first-order chi connectivity index (χ1) is 23.2. The van der Waals surface area contributed by atoms with E-state index in [1.807, 2.05) is 20.8 Å². The number of esters is 1. The van der Waals surface area contributed by atoms with E-state index >= 15 is 0 Å². The number of amides is 5. The van der Waals surface area contributed by atoms with Crippen molar-refractivity contribution < 1.29 is 43.7 Å². The van der Waals surface area contributed by atoms with Gasteiger partial charge in [-0.25, -0.2) is 4.79 Å². The van der Waals surface area contributed by atoms with Gasteiger partial charge in [-0.2, -0.15) is 0 Å². The van der Waals surface area contributed by atoms with Crippen molar-refractivity contribution >= 4 is 35.5 Å². The minimum atomic E-state index is -1.59. The van der Waals surface area contributed by atoms with Crippen LogP contribution in [0.25, 0.3) is 0 Å². The zero-order valence-electron chi connectivity index (χ0n) is 29.5. The van der Waals surface area contributed by atoms with Gasteiger partial charge in [0.25, 0.3) is 0 Å². The molecule has 0 bridgehead atoms. The molecule has 2 rings (SSSR count). The van der Waals surface area contributed by atoms with Crippen LogP contribution >= 0.6 is 0 Å². The summed E-state index contributed by atoms with van der Waals surface area (Å²) < 4.78 is 5.85. The van der Waals surface area contributed by atoms with Crippen LogP contribution in [0.5, 0.6) is 0 Å². The fourth-order valence-electron chi connectivity index (χ4n) is 5.42. The van der Waals surface area contributed by atoms with Crippen molar-refractivity contribution in [3.05, 3.63) is 35.9 Å². The third-order valence-electron chi connectivity index (χ3n) is 8.20. The van der Waals surface area contributed by atoms with Crippen LogP contribution < -0.4 is 26.6 Å². The van der Waals surface area contributed by atoms with Gasteiger partial charge in [0.15, 0.2) is 0 Å². The van der Waals surface area contributed by atoms with Crippen LogP contribution in [0.3, 0.4) is 0 Å². The van der Waals surface area contributed by atoms with Crippen molar-refractivity contribution in [3.8, 4) is 0 Å². The molecule has 0 saturated carbocycles. The average molecular weight is 690 g/mol. The lowest BCUT2D eigenvalue weighted by atomic mass is 10.0. The molecule has 1 heterocycles. The van der Waals surface area contributed by atoms with Crippen LogP contribution in [0.15, 0.2) is 30.3 Å². The van der Waals surface area contributed by atoms with Crippen LogP contribution in [0.4, 0.5) is 0 Å². The van der Waals surface area contributed by atoms with Gasteiger partial charge < -0.3 is 41.5 Å². The summed E-state index contributed by atoms with van der Waals surface area (Å²) in [5, 5.41) is 33.3. The largest absolute Gasteiger partial charge is 0.460 e. The number of benzene rings is 1. The molecule has 0 aromatic heterocycles. The number of ether oxygens (including phenoxy) is 1. The number of hydrogen-bond donors (Lipinski definition) is 7. The van der Waals surface area contributed by atoms with E-state index < -0.39 is 90.4 Å². The molecule has 0 aliphatic carbocycles. The minimum absolute atomic E-state index is 0.00509. The van der Waals surface area contributed by atoms with Crippen molar-refractivity contribution in [1.29, 1.82) is 0 Å². The SMILES string of the molecule is CCCCCC1CC(=O)NC(CC(C)C)C(=O)NC(CO)C(=O)NC(C(C)O)C(=O)NC(Cc2ccccc2)C(=O)NC(C(C)C)C(=O)O1. The van der Waals surface area contributed by atoms with E-state index in [-0.39, 0.29) is 25.2 Å². The Morgan fingerprint density at radius 2 is 1.35 bits per heavy atom. The molecule has 7 unspecified atom stereocenters. The van der Waals surface area contributed by atoms with Gasteiger partial charge in [-0.1, -0.05) is 77.8 Å². The van der Waals surface area contributed by atoms with E-state index in [0.717, 1.165) is 12.8 Å². The van der Waals surface area contributed by atoms with Crippen LogP contribution in [0.2, 0.25) is 0 Å². The second-order valence-electron chi connectivity index (χ2n) is 13.5. The summed E-state index contributed by atoms with van der Waals surface area (Å²) in [6.07, 6.45) is 0.394. The van der Waals surface area contributed by atoms with Crippen molar-refractivity contribution in [3.63, 3.8) is 0 Å².